The van der Waals surface area contributed by atoms with Crippen molar-refractivity contribution < 1.29 is 19.1 Å². The van der Waals surface area contributed by atoms with Gasteiger partial charge in [0.05, 0.1) is 12.7 Å². The highest BCUT2D eigenvalue weighted by molar-refractivity contribution is 7.15. The molecule has 0 unspecified atom stereocenters. The molecule has 3 rings (SSSR count). The zero-order valence-corrected chi connectivity index (χ0v) is 19.3. The third kappa shape index (κ3) is 5.33. The summed E-state index contributed by atoms with van der Waals surface area (Å²) in [4.78, 5) is 25.6. The van der Waals surface area contributed by atoms with E-state index in [2.05, 4.69) is 5.32 Å². The molecule has 3 aromatic rings. The Morgan fingerprint density at radius 1 is 1.03 bits per heavy atom. The van der Waals surface area contributed by atoms with Crippen molar-refractivity contribution in [2.75, 3.05) is 11.9 Å². The van der Waals surface area contributed by atoms with E-state index < -0.39 is 5.97 Å². The predicted octanol–water partition coefficient (Wildman–Crippen LogP) is 6.25. The van der Waals surface area contributed by atoms with Gasteiger partial charge in [0.1, 0.15) is 16.3 Å². The van der Waals surface area contributed by atoms with Gasteiger partial charge in [0, 0.05) is 16.5 Å². The first kappa shape index (κ1) is 22.6. The van der Waals surface area contributed by atoms with Crippen molar-refractivity contribution in [2.45, 2.75) is 40.7 Å². The Balaban J connectivity index is 1.91. The van der Waals surface area contributed by atoms with Crippen molar-refractivity contribution in [1.82, 2.24) is 0 Å². The number of esters is 1. The lowest BCUT2D eigenvalue weighted by Crippen LogP contribution is -2.15. The number of thiophene rings is 1. The maximum absolute atomic E-state index is 12.8. The van der Waals surface area contributed by atoms with Crippen LogP contribution in [0.5, 0.6) is 5.75 Å². The SMILES string of the molecule is CCOC(=O)c1c(-c2ccc(C)c(C)c2)csc1NC(=O)c1ccc(OC(C)C)cc1. The highest BCUT2D eigenvalue weighted by Gasteiger charge is 2.23. The lowest BCUT2D eigenvalue weighted by molar-refractivity contribution is 0.0529. The fourth-order valence-corrected chi connectivity index (χ4v) is 4.06. The van der Waals surface area contributed by atoms with Gasteiger partial charge in [-0.25, -0.2) is 4.79 Å². The average Bonchev–Trinajstić information content (AvgIpc) is 3.14. The molecule has 6 heteroatoms. The number of hydrogen-bond donors (Lipinski definition) is 1. The molecule has 0 saturated heterocycles. The lowest BCUT2D eigenvalue weighted by Gasteiger charge is -2.11. The molecule has 5 nitrogen and oxygen atoms in total. The van der Waals surface area contributed by atoms with E-state index >= 15 is 0 Å². The van der Waals surface area contributed by atoms with Crippen LogP contribution in [0.3, 0.4) is 0 Å². The number of carbonyl (C=O) groups is 2. The van der Waals surface area contributed by atoms with Gasteiger partial charge in [-0.1, -0.05) is 18.2 Å². The Bertz CT molecular complexity index is 1080. The molecule has 0 bridgehead atoms. The van der Waals surface area contributed by atoms with Crippen LogP contribution in [0.2, 0.25) is 0 Å². The summed E-state index contributed by atoms with van der Waals surface area (Å²) in [6.45, 7) is 9.99. The summed E-state index contributed by atoms with van der Waals surface area (Å²) in [6, 6.07) is 13.0. The number of nitrogens with one attached hydrogen (secondary N) is 1. The van der Waals surface area contributed by atoms with Crippen LogP contribution in [-0.2, 0) is 4.74 Å². The largest absolute Gasteiger partial charge is 0.491 e. The normalized spacial score (nSPS) is 10.8. The summed E-state index contributed by atoms with van der Waals surface area (Å²) in [5, 5.41) is 5.23. The molecule has 0 saturated carbocycles. The maximum atomic E-state index is 12.8. The monoisotopic (exact) mass is 437 g/mol. The van der Waals surface area contributed by atoms with Crippen LogP contribution in [0.4, 0.5) is 5.00 Å². The second-order valence-electron chi connectivity index (χ2n) is 7.52. The van der Waals surface area contributed by atoms with Crippen molar-refractivity contribution in [3.63, 3.8) is 0 Å². The van der Waals surface area contributed by atoms with Crippen LogP contribution in [-0.4, -0.2) is 24.6 Å². The number of amides is 1. The molecular formula is C25H27NO4S. The summed E-state index contributed by atoms with van der Waals surface area (Å²) in [7, 11) is 0. The Labute approximate surface area is 187 Å². The number of hydrogen-bond acceptors (Lipinski definition) is 5. The first-order valence-corrected chi connectivity index (χ1v) is 11.1. The number of carbonyl (C=O) groups excluding carboxylic acids is 2. The molecule has 1 N–H and O–H groups in total. The molecule has 1 amide bonds. The second-order valence-corrected chi connectivity index (χ2v) is 8.40. The molecule has 0 aliphatic carbocycles. The minimum Gasteiger partial charge on any atom is -0.491 e. The summed E-state index contributed by atoms with van der Waals surface area (Å²) in [5.41, 5.74) is 4.83. The zero-order chi connectivity index (χ0) is 22.5. The van der Waals surface area contributed by atoms with Gasteiger partial charge < -0.3 is 14.8 Å². The molecule has 1 heterocycles. The smallest absolute Gasteiger partial charge is 0.341 e. The van der Waals surface area contributed by atoms with Crippen LogP contribution >= 0.6 is 11.3 Å². The van der Waals surface area contributed by atoms with Crippen molar-refractivity contribution in [2.24, 2.45) is 0 Å². The minimum absolute atomic E-state index is 0.0572. The summed E-state index contributed by atoms with van der Waals surface area (Å²) in [6.07, 6.45) is 0.0572. The van der Waals surface area contributed by atoms with E-state index in [0.717, 1.165) is 16.7 Å². The first-order valence-electron chi connectivity index (χ1n) is 10.2. The van der Waals surface area contributed by atoms with Gasteiger partial charge in [-0.2, -0.15) is 0 Å². The van der Waals surface area contributed by atoms with Crippen LogP contribution in [0, 0.1) is 13.8 Å². The minimum atomic E-state index is -0.451. The van der Waals surface area contributed by atoms with E-state index in [4.69, 9.17) is 9.47 Å². The Hall–Kier alpha value is -3.12. The average molecular weight is 438 g/mol. The number of rotatable bonds is 7. The predicted molar refractivity (Wildman–Crippen MR) is 125 cm³/mol. The molecule has 0 radical (unpaired) electrons. The van der Waals surface area contributed by atoms with Crippen LogP contribution in [0.1, 0.15) is 52.6 Å². The van der Waals surface area contributed by atoms with Crippen LogP contribution in [0.15, 0.2) is 47.8 Å². The van der Waals surface area contributed by atoms with E-state index in [0.29, 0.717) is 21.9 Å². The van der Waals surface area contributed by atoms with E-state index in [9.17, 15) is 9.59 Å². The van der Waals surface area contributed by atoms with E-state index in [-0.39, 0.29) is 18.6 Å². The summed E-state index contributed by atoms with van der Waals surface area (Å²) >= 11 is 1.31. The fourth-order valence-electron chi connectivity index (χ4n) is 3.11. The molecule has 0 atom stereocenters. The van der Waals surface area contributed by atoms with Crippen molar-refractivity contribution in [1.29, 1.82) is 0 Å². The van der Waals surface area contributed by atoms with Gasteiger partial charge in [-0.3, -0.25) is 4.79 Å². The van der Waals surface area contributed by atoms with Crippen LogP contribution in [0.25, 0.3) is 11.1 Å². The Kier molecular flexibility index (Phi) is 7.13. The molecule has 2 aromatic carbocycles. The molecule has 0 spiro atoms. The van der Waals surface area contributed by atoms with Crippen molar-refractivity contribution >= 4 is 28.2 Å². The maximum Gasteiger partial charge on any atom is 0.341 e. The van der Waals surface area contributed by atoms with Crippen LogP contribution < -0.4 is 10.1 Å². The number of ether oxygens (including phenoxy) is 2. The van der Waals surface area contributed by atoms with Gasteiger partial charge in [0.2, 0.25) is 0 Å². The number of benzene rings is 2. The molecule has 162 valence electrons. The molecule has 0 fully saturated rings. The standard InChI is InChI=1S/C25H27NO4S/c1-6-29-25(28)22-21(19-8-7-16(4)17(5)13-19)14-31-24(22)26-23(27)18-9-11-20(12-10-18)30-15(2)3/h7-15H,6H2,1-5H3,(H,26,27). The molecule has 31 heavy (non-hydrogen) atoms. The first-order chi connectivity index (χ1) is 14.8. The van der Waals surface area contributed by atoms with Gasteiger partial charge in [0.25, 0.3) is 5.91 Å². The molecular weight excluding hydrogens is 410 g/mol. The summed E-state index contributed by atoms with van der Waals surface area (Å²) < 4.78 is 10.9. The van der Waals surface area contributed by atoms with E-state index in [1.807, 2.05) is 51.3 Å². The van der Waals surface area contributed by atoms with E-state index in [1.165, 1.54) is 16.9 Å². The number of anilines is 1. The quantitative estimate of drug-likeness (QED) is 0.444. The topological polar surface area (TPSA) is 64.6 Å². The summed E-state index contributed by atoms with van der Waals surface area (Å²) in [5.74, 6) is -0.0463. The van der Waals surface area contributed by atoms with Gasteiger partial charge >= 0.3 is 5.97 Å². The Morgan fingerprint density at radius 2 is 1.74 bits per heavy atom. The second kappa shape index (κ2) is 9.79. The highest BCUT2D eigenvalue weighted by Crippen LogP contribution is 2.37. The van der Waals surface area contributed by atoms with Crippen molar-refractivity contribution in [3.05, 3.63) is 70.1 Å². The highest BCUT2D eigenvalue weighted by atomic mass is 32.1. The third-order valence-electron chi connectivity index (χ3n) is 4.80. The van der Waals surface area contributed by atoms with Crippen molar-refractivity contribution in [3.8, 4) is 16.9 Å². The van der Waals surface area contributed by atoms with Gasteiger partial charge in [-0.15, -0.1) is 11.3 Å². The zero-order valence-electron chi connectivity index (χ0n) is 18.4. The molecule has 1 aromatic heterocycles. The molecule has 0 aliphatic rings. The number of aryl methyl sites for hydroxylation is 2. The Morgan fingerprint density at radius 3 is 2.35 bits per heavy atom. The third-order valence-corrected chi connectivity index (χ3v) is 5.70. The molecule has 0 aliphatic heterocycles. The lowest BCUT2D eigenvalue weighted by atomic mass is 9.99. The van der Waals surface area contributed by atoms with Gasteiger partial charge in [-0.05, 0) is 75.6 Å². The van der Waals surface area contributed by atoms with Gasteiger partial charge in [0.15, 0.2) is 0 Å². The van der Waals surface area contributed by atoms with E-state index in [1.54, 1.807) is 31.2 Å². The fraction of sp³-hybridized carbons (Fsp3) is 0.280.